The van der Waals surface area contributed by atoms with Gasteiger partial charge in [0.2, 0.25) is 0 Å². The Bertz CT molecular complexity index is 1110. The van der Waals surface area contributed by atoms with Crippen LogP contribution in [0, 0.1) is 5.92 Å². The first-order valence-corrected chi connectivity index (χ1v) is 12.8. The van der Waals surface area contributed by atoms with Crippen LogP contribution in [0.15, 0.2) is 54.9 Å². The molecule has 0 amide bonds. The van der Waals surface area contributed by atoms with E-state index in [9.17, 15) is 0 Å². The lowest BCUT2D eigenvalue weighted by atomic mass is 9.91. The molecule has 1 aromatic carbocycles. The first kappa shape index (κ1) is 22.1. The number of nitrogens with one attached hydrogen (secondary N) is 1. The Kier molecular flexibility index (Phi) is 6.23. The highest BCUT2D eigenvalue weighted by atomic mass is 15.0. The molecule has 3 aromatic rings. The second-order valence-corrected chi connectivity index (χ2v) is 10.7. The molecule has 3 atom stereocenters. The van der Waals surface area contributed by atoms with Gasteiger partial charge in [-0.2, -0.15) is 0 Å². The highest BCUT2D eigenvalue weighted by molar-refractivity contribution is 5.56. The van der Waals surface area contributed by atoms with Crippen molar-refractivity contribution in [1.82, 2.24) is 4.98 Å². The molecular weight excluding hydrogens is 402 g/mol. The van der Waals surface area contributed by atoms with E-state index in [-0.39, 0.29) is 0 Å². The molecule has 172 valence electrons. The fourth-order valence-corrected chi connectivity index (χ4v) is 5.68. The lowest BCUT2D eigenvalue weighted by Crippen LogP contribution is -2.41. The number of rotatable bonds is 7. The maximum Gasteiger partial charge on any atom is 0.184 e. The molecule has 2 aliphatic rings. The lowest BCUT2D eigenvalue weighted by Gasteiger charge is -2.21. The van der Waals surface area contributed by atoms with Gasteiger partial charge in [-0.1, -0.05) is 52.0 Å². The number of aromatic nitrogens is 2. The summed E-state index contributed by atoms with van der Waals surface area (Å²) in [6.07, 6.45) is 10.3. The van der Waals surface area contributed by atoms with Crippen molar-refractivity contribution in [3.05, 3.63) is 88.5 Å². The third-order valence-corrected chi connectivity index (χ3v) is 7.75. The summed E-state index contributed by atoms with van der Waals surface area (Å²) in [5.41, 5.74) is 9.83. The SMILES string of the molecule is CC(C)c1cc(CC(C)C2Cc3ccccc3N2)cc[n+]1CC(C)c1cnc2c(c1)CCC2. The molecule has 33 heavy (non-hydrogen) atoms. The second-order valence-electron chi connectivity index (χ2n) is 10.7. The molecule has 0 radical (unpaired) electrons. The normalized spacial score (nSPS) is 18.6. The van der Waals surface area contributed by atoms with Gasteiger partial charge in [-0.3, -0.25) is 4.98 Å². The van der Waals surface area contributed by atoms with E-state index in [0.29, 0.717) is 23.8 Å². The van der Waals surface area contributed by atoms with Gasteiger partial charge in [-0.05, 0) is 66.3 Å². The van der Waals surface area contributed by atoms with Crippen molar-refractivity contribution >= 4 is 5.69 Å². The predicted octanol–water partition coefficient (Wildman–Crippen LogP) is 6.00. The molecule has 0 fully saturated rings. The lowest BCUT2D eigenvalue weighted by molar-refractivity contribution is -0.707. The minimum absolute atomic E-state index is 0.455. The smallest absolute Gasteiger partial charge is 0.184 e. The maximum absolute atomic E-state index is 4.76. The number of aryl methyl sites for hydroxylation is 2. The van der Waals surface area contributed by atoms with Gasteiger partial charge in [0.1, 0.15) is 0 Å². The van der Waals surface area contributed by atoms with Gasteiger partial charge in [0, 0.05) is 47.6 Å². The third kappa shape index (κ3) is 4.69. The van der Waals surface area contributed by atoms with Gasteiger partial charge in [0.25, 0.3) is 0 Å². The summed E-state index contributed by atoms with van der Waals surface area (Å²) in [7, 11) is 0. The first-order valence-electron chi connectivity index (χ1n) is 12.8. The number of hydrogen-bond donors (Lipinski definition) is 1. The Morgan fingerprint density at radius 1 is 1.03 bits per heavy atom. The van der Waals surface area contributed by atoms with Crippen LogP contribution in [-0.4, -0.2) is 11.0 Å². The quantitative estimate of drug-likeness (QED) is 0.457. The zero-order valence-corrected chi connectivity index (χ0v) is 20.6. The molecule has 1 aliphatic heterocycles. The van der Waals surface area contributed by atoms with Crippen LogP contribution in [0.4, 0.5) is 5.69 Å². The first-order chi connectivity index (χ1) is 16.0. The second kappa shape index (κ2) is 9.29. The third-order valence-electron chi connectivity index (χ3n) is 7.75. The summed E-state index contributed by atoms with van der Waals surface area (Å²) >= 11 is 0. The van der Waals surface area contributed by atoms with Crippen LogP contribution in [0.3, 0.4) is 0 Å². The molecule has 0 bridgehead atoms. The number of nitrogens with zero attached hydrogens (tertiary/aromatic N) is 2. The van der Waals surface area contributed by atoms with Crippen LogP contribution in [0.1, 0.15) is 79.6 Å². The Balaban J connectivity index is 1.29. The molecule has 3 nitrogen and oxygen atoms in total. The molecule has 0 saturated carbocycles. The Hall–Kier alpha value is -2.68. The fraction of sp³-hybridized carbons (Fsp3) is 0.467. The largest absolute Gasteiger partial charge is 0.381 e. The van der Waals surface area contributed by atoms with Gasteiger partial charge in [0.05, 0.1) is 0 Å². The molecule has 2 aromatic heterocycles. The van der Waals surface area contributed by atoms with Gasteiger partial charge in [0.15, 0.2) is 18.4 Å². The summed E-state index contributed by atoms with van der Waals surface area (Å²) < 4.78 is 2.47. The van der Waals surface area contributed by atoms with Crippen LogP contribution >= 0.6 is 0 Å². The summed E-state index contributed by atoms with van der Waals surface area (Å²) in [6.45, 7) is 10.4. The highest BCUT2D eigenvalue weighted by Gasteiger charge is 2.26. The average molecular weight is 441 g/mol. The van der Waals surface area contributed by atoms with Crippen molar-refractivity contribution in [3.8, 4) is 0 Å². The Labute approximate surface area is 199 Å². The van der Waals surface area contributed by atoms with Crippen LogP contribution < -0.4 is 9.88 Å². The van der Waals surface area contributed by atoms with Crippen molar-refractivity contribution in [2.24, 2.45) is 5.92 Å². The molecular formula is C30H38N3+. The molecule has 1 aliphatic carbocycles. The zero-order chi connectivity index (χ0) is 22.9. The minimum atomic E-state index is 0.455. The van der Waals surface area contributed by atoms with E-state index in [1.54, 1.807) is 0 Å². The van der Waals surface area contributed by atoms with E-state index in [2.05, 4.69) is 92.4 Å². The number of anilines is 1. The van der Waals surface area contributed by atoms with Gasteiger partial charge >= 0.3 is 0 Å². The molecule has 1 N–H and O–H groups in total. The van der Waals surface area contributed by atoms with E-state index in [0.717, 1.165) is 25.8 Å². The minimum Gasteiger partial charge on any atom is -0.381 e. The number of fused-ring (bicyclic) bond motifs is 2. The number of hydrogen-bond acceptors (Lipinski definition) is 2. The summed E-state index contributed by atoms with van der Waals surface area (Å²) in [5.74, 6) is 1.54. The van der Waals surface area contributed by atoms with Crippen molar-refractivity contribution < 1.29 is 4.57 Å². The zero-order valence-electron chi connectivity index (χ0n) is 20.6. The van der Waals surface area contributed by atoms with E-state index in [1.807, 2.05) is 0 Å². The van der Waals surface area contributed by atoms with Crippen molar-refractivity contribution in [3.63, 3.8) is 0 Å². The van der Waals surface area contributed by atoms with Crippen molar-refractivity contribution in [2.75, 3.05) is 5.32 Å². The van der Waals surface area contributed by atoms with E-state index in [4.69, 9.17) is 4.98 Å². The number of benzene rings is 1. The molecule has 3 unspecified atom stereocenters. The Morgan fingerprint density at radius 2 is 1.88 bits per heavy atom. The van der Waals surface area contributed by atoms with Crippen molar-refractivity contribution in [2.45, 2.75) is 84.2 Å². The topological polar surface area (TPSA) is 28.8 Å². The number of para-hydroxylation sites is 1. The standard InChI is InChI=1S/C30H38N3/c1-20(2)30-15-23(14-21(3)29-17-25-8-5-6-10-28(25)32-29)12-13-33(30)19-22(4)26-16-24-9-7-11-27(24)31-18-26/h5-6,8,10,12-13,15-16,18,20-22,29,32H,7,9,11,14,17,19H2,1-4H3/q+1. The predicted molar refractivity (Wildman–Crippen MR) is 136 cm³/mol. The van der Waals surface area contributed by atoms with Gasteiger partial charge in [-0.25, -0.2) is 4.57 Å². The summed E-state index contributed by atoms with van der Waals surface area (Å²) in [5, 5.41) is 3.75. The van der Waals surface area contributed by atoms with E-state index in [1.165, 1.54) is 52.2 Å². The monoisotopic (exact) mass is 440 g/mol. The van der Waals surface area contributed by atoms with Crippen LogP contribution in [0.2, 0.25) is 0 Å². The molecule has 0 saturated heterocycles. The maximum atomic E-state index is 4.76. The van der Waals surface area contributed by atoms with Crippen molar-refractivity contribution in [1.29, 1.82) is 0 Å². The highest BCUT2D eigenvalue weighted by Crippen LogP contribution is 2.30. The Morgan fingerprint density at radius 3 is 2.70 bits per heavy atom. The van der Waals surface area contributed by atoms with Crippen LogP contribution in [0.25, 0.3) is 0 Å². The van der Waals surface area contributed by atoms with E-state index >= 15 is 0 Å². The molecule has 0 spiro atoms. The molecule has 3 heterocycles. The summed E-state index contributed by atoms with van der Waals surface area (Å²) in [4.78, 5) is 4.76. The molecule has 5 rings (SSSR count). The van der Waals surface area contributed by atoms with Gasteiger partial charge in [-0.15, -0.1) is 0 Å². The van der Waals surface area contributed by atoms with Crippen LogP contribution in [0.5, 0.6) is 0 Å². The van der Waals surface area contributed by atoms with Crippen LogP contribution in [-0.2, 0) is 32.2 Å². The van der Waals surface area contributed by atoms with E-state index < -0.39 is 0 Å². The summed E-state index contributed by atoms with van der Waals surface area (Å²) in [6, 6.07) is 16.5. The number of pyridine rings is 2. The van der Waals surface area contributed by atoms with Gasteiger partial charge < -0.3 is 5.32 Å². The fourth-order valence-electron chi connectivity index (χ4n) is 5.68. The average Bonchev–Trinajstić information content (AvgIpc) is 3.46. The molecule has 3 heteroatoms.